The van der Waals surface area contributed by atoms with E-state index < -0.39 is 6.10 Å². The van der Waals surface area contributed by atoms with Gasteiger partial charge >= 0.3 is 0 Å². The maximum atomic E-state index is 10.2. The van der Waals surface area contributed by atoms with E-state index in [0.29, 0.717) is 13.0 Å². The first-order valence-electron chi connectivity index (χ1n) is 7.42. The fourth-order valence-electron chi connectivity index (χ4n) is 2.33. The van der Waals surface area contributed by atoms with Crippen molar-refractivity contribution in [3.05, 3.63) is 71.8 Å². The molecule has 2 rings (SSSR count). The number of hydrogen-bond donors (Lipinski definition) is 3. The van der Waals surface area contributed by atoms with Gasteiger partial charge in [-0.15, -0.1) is 0 Å². The Balaban J connectivity index is 1.80. The van der Waals surface area contributed by atoms with E-state index in [4.69, 9.17) is 5.73 Å². The van der Waals surface area contributed by atoms with Crippen molar-refractivity contribution in [2.45, 2.75) is 31.5 Å². The molecule has 112 valence electrons. The van der Waals surface area contributed by atoms with Crippen molar-refractivity contribution < 1.29 is 5.11 Å². The van der Waals surface area contributed by atoms with Gasteiger partial charge in [-0.1, -0.05) is 60.7 Å². The predicted molar refractivity (Wildman–Crippen MR) is 87.0 cm³/mol. The van der Waals surface area contributed by atoms with Crippen molar-refractivity contribution in [3.63, 3.8) is 0 Å². The molecule has 0 bridgehead atoms. The molecule has 0 heterocycles. The standard InChI is InChI=1S/C18H24N2O/c1-14(16-10-6-3-7-11-16)20-13-18(21)17(19)12-15-8-4-2-5-9-15/h2-11,14,17-18,20-21H,12-13,19H2,1H3/t14?,17-,18+/m1/s1. The minimum Gasteiger partial charge on any atom is -0.390 e. The first-order chi connectivity index (χ1) is 10.2. The van der Waals surface area contributed by atoms with E-state index in [2.05, 4.69) is 24.4 Å². The first kappa shape index (κ1) is 15.7. The zero-order valence-electron chi connectivity index (χ0n) is 12.4. The maximum Gasteiger partial charge on any atom is 0.0818 e. The SMILES string of the molecule is CC(NC[C@H](O)[C@H](N)Cc1ccccc1)c1ccccc1. The largest absolute Gasteiger partial charge is 0.390 e. The van der Waals surface area contributed by atoms with Crippen LogP contribution in [0.1, 0.15) is 24.1 Å². The van der Waals surface area contributed by atoms with E-state index in [0.717, 1.165) is 5.56 Å². The molecule has 0 aliphatic carbocycles. The smallest absolute Gasteiger partial charge is 0.0818 e. The van der Waals surface area contributed by atoms with Crippen molar-refractivity contribution in [1.82, 2.24) is 5.32 Å². The first-order valence-corrected chi connectivity index (χ1v) is 7.42. The molecule has 0 saturated heterocycles. The topological polar surface area (TPSA) is 58.3 Å². The lowest BCUT2D eigenvalue weighted by molar-refractivity contribution is 0.138. The molecule has 0 aromatic heterocycles. The number of nitrogens with one attached hydrogen (secondary N) is 1. The van der Waals surface area contributed by atoms with Gasteiger partial charge in [0.25, 0.3) is 0 Å². The summed E-state index contributed by atoms with van der Waals surface area (Å²) in [5.74, 6) is 0. The number of aliphatic hydroxyl groups is 1. The van der Waals surface area contributed by atoms with E-state index in [9.17, 15) is 5.11 Å². The van der Waals surface area contributed by atoms with Crippen LogP contribution < -0.4 is 11.1 Å². The van der Waals surface area contributed by atoms with E-state index in [1.807, 2.05) is 48.5 Å². The van der Waals surface area contributed by atoms with Gasteiger partial charge in [-0.25, -0.2) is 0 Å². The summed E-state index contributed by atoms with van der Waals surface area (Å²) in [5, 5.41) is 13.5. The molecule has 0 saturated carbocycles. The molecule has 0 spiro atoms. The number of nitrogens with two attached hydrogens (primary N) is 1. The molecular weight excluding hydrogens is 260 g/mol. The van der Waals surface area contributed by atoms with E-state index in [-0.39, 0.29) is 12.1 Å². The molecule has 21 heavy (non-hydrogen) atoms. The summed E-state index contributed by atoms with van der Waals surface area (Å²) < 4.78 is 0. The van der Waals surface area contributed by atoms with Crippen LogP contribution in [-0.4, -0.2) is 23.8 Å². The summed E-state index contributed by atoms with van der Waals surface area (Å²) in [6.07, 6.45) is 0.125. The van der Waals surface area contributed by atoms with Gasteiger partial charge in [-0.3, -0.25) is 0 Å². The molecule has 3 nitrogen and oxygen atoms in total. The van der Waals surface area contributed by atoms with Crippen molar-refractivity contribution in [2.75, 3.05) is 6.54 Å². The fraction of sp³-hybridized carbons (Fsp3) is 0.333. The lowest BCUT2D eigenvalue weighted by Crippen LogP contribution is -2.43. The molecule has 0 fully saturated rings. The number of aliphatic hydroxyl groups excluding tert-OH is 1. The van der Waals surface area contributed by atoms with E-state index in [1.165, 1.54) is 5.56 Å². The molecule has 0 aliphatic rings. The van der Waals surface area contributed by atoms with Crippen LogP contribution in [0.5, 0.6) is 0 Å². The highest BCUT2D eigenvalue weighted by molar-refractivity contribution is 5.18. The average molecular weight is 284 g/mol. The van der Waals surface area contributed by atoms with Gasteiger partial charge in [0, 0.05) is 18.6 Å². The Kier molecular flexibility index (Phi) is 5.93. The Morgan fingerprint density at radius 3 is 2.19 bits per heavy atom. The minimum absolute atomic E-state index is 0.199. The van der Waals surface area contributed by atoms with Gasteiger partial charge in [-0.05, 0) is 24.5 Å². The summed E-state index contributed by atoms with van der Waals surface area (Å²) in [6.45, 7) is 2.58. The lowest BCUT2D eigenvalue weighted by atomic mass is 10.0. The highest BCUT2D eigenvalue weighted by Gasteiger charge is 2.16. The summed E-state index contributed by atoms with van der Waals surface area (Å²) in [7, 11) is 0. The van der Waals surface area contributed by atoms with Crippen LogP contribution in [0.25, 0.3) is 0 Å². The van der Waals surface area contributed by atoms with Crippen LogP contribution in [0.2, 0.25) is 0 Å². The molecule has 0 aliphatic heterocycles. The lowest BCUT2D eigenvalue weighted by Gasteiger charge is -2.22. The Hall–Kier alpha value is -1.68. The number of hydrogen-bond acceptors (Lipinski definition) is 3. The molecular formula is C18H24N2O. The second kappa shape index (κ2) is 7.93. The summed E-state index contributed by atoms with van der Waals surface area (Å²) in [5.41, 5.74) is 8.45. The zero-order valence-corrected chi connectivity index (χ0v) is 12.4. The molecule has 0 radical (unpaired) electrons. The molecule has 3 heteroatoms. The summed E-state index contributed by atoms with van der Waals surface area (Å²) in [4.78, 5) is 0. The van der Waals surface area contributed by atoms with Crippen LogP contribution >= 0.6 is 0 Å². The highest BCUT2D eigenvalue weighted by Crippen LogP contribution is 2.11. The van der Waals surface area contributed by atoms with Crippen LogP contribution in [-0.2, 0) is 6.42 Å². The van der Waals surface area contributed by atoms with Crippen LogP contribution in [0, 0.1) is 0 Å². The zero-order chi connectivity index (χ0) is 15.1. The summed E-state index contributed by atoms with van der Waals surface area (Å²) >= 11 is 0. The van der Waals surface area contributed by atoms with Crippen molar-refractivity contribution in [3.8, 4) is 0 Å². The number of rotatable bonds is 7. The Morgan fingerprint density at radius 1 is 1.00 bits per heavy atom. The molecule has 4 N–H and O–H groups in total. The van der Waals surface area contributed by atoms with Crippen LogP contribution in [0.3, 0.4) is 0 Å². The third-order valence-electron chi connectivity index (χ3n) is 3.74. The quantitative estimate of drug-likeness (QED) is 0.731. The molecule has 0 amide bonds. The monoisotopic (exact) mass is 284 g/mol. The van der Waals surface area contributed by atoms with Crippen molar-refractivity contribution >= 4 is 0 Å². The van der Waals surface area contributed by atoms with E-state index >= 15 is 0 Å². The molecule has 2 aromatic rings. The Morgan fingerprint density at radius 2 is 1.57 bits per heavy atom. The Bertz CT molecular complexity index is 515. The second-order valence-corrected chi connectivity index (χ2v) is 5.46. The van der Waals surface area contributed by atoms with E-state index in [1.54, 1.807) is 0 Å². The van der Waals surface area contributed by atoms with Gasteiger partial charge in [-0.2, -0.15) is 0 Å². The van der Waals surface area contributed by atoms with Gasteiger partial charge in [0.15, 0.2) is 0 Å². The number of benzene rings is 2. The maximum absolute atomic E-state index is 10.2. The third kappa shape index (κ3) is 4.97. The third-order valence-corrected chi connectivity index (χ3v) is 3.74. The van der Waals surface area contributed by atoms with Gasteiger partial charge < -0.3 is 16.2 Å². The highest BCUT2D eigenvalue weighted by atomic mass is 16.3. The van der Waals surface area contributed by atoms with Gasteiger partial charge in [0.1, 0.15) is 0 Å². The van der Waals surface area contributed by atoms with Crippen LogP contribution in [0.15, 0.2) is 60.7 Å². The van der Waals surface area contributed by atoms with Crippen molar-refractivity contribution in [2.24, 2.45) is 5.73 Å². The van der Waals surface area contributed by atoms with Gasteiger partial charge in [0.05, 0.1) is 6.10 Å². The normalized spacial score (nSPS) is 15.4. The summed E-state index contributed by atoms with van der Waals surface area (Å²) in [6, 6.07) is 20.2. The average Bonchev–Trinajstić information content (AvgIpc) is 2.54. The molecule has 2 aromatic carbocycles. The van der Waals surface area contributed by atoms with Gasteiger partial charge in [0.2, 0.25) is 0 Å². The van der Waals surface area contributed by atoms with Crippen LogP contribution in [0.4, 0.5) is 0 Å². The molecule has 1 unspecified atom stereocenters. The Labute approximate surface area is 126 Å². The predicted octanol–water partition coefficient (Wildman–Crippen LogP) is 2.27. The van der Waals surface area contributed by atoms with Crippen molar-refractivity contribution in [1.29, 1.82) is 0 Å². The molecule has 3 atom stereocenters. The fourth-order valence-corrected chi connectivity index (χ4v) is 2.33. The minimum atomic E-state index is -0.559. The second-order valence-electron chi connectivity index (χ2n) is 5.46.